The number of allylic oxidation sites excluding steroid dienone is 1. The van der Waals surface area contributed by atoms with Gasteiger partial charge >= 0.3 is 5.97 Å². The summed E-state index contributed by atoms with van der Waals surface area (Å²) in [5.41, 5.74) is 3.79. The Bertz CT molecular complexity index is 557. The summed E-state index contributed by atoms with van der Waals surface area (Å²) in [5.74, 6) is 0.427. The molecular weight excluding hydrogens is 262 g/mol. The molecule has 0 amide bonds. The summed E-state index contributed by atoms with van der Waals surface area (Å²) < 4.78 is 0. The maximum atomic E-state index is 12.0. The molecule has 0 radical (unpaired) electrons. The summed E-state index contributed by atoms with van der Waals surface area (Å²) in [7, 11) is 0. The van der Waals surface area contributed by atoms with Gasteiger partial charge in [0.15, 0.2) is 0 Å². The van der Waals surface area contributed by atoms with E-state index >= 15 is 0 Å². The highest BCUT2D eigenvalue weighted by atomic mass is 16.7. The second kappa shape index (κ2) is 6.70. The van der Waals surface area contributed by atoms with Gasteiger partial charge in [-0.3, -0.25) is 0 Å². The molecule has 1 fully saturated rings. The van der Waals surface area contributed by atoms with Crippen LogP contribution in [0.1, 0.15) is 49.0 Å². The van der Waals surface area contributed by atoms with Crippen LogP contribution in [-0.2, 0) is 4.84 Å². The lowest BCUT2D eigenvalue weighted by atomic mass is 9.79. The van der Waals surface area contributed by atoms with Crippen molar-refractivity contribution in [3.8, 4) is 0 Å². The van der Waals surface area contributed by atoms with Crippen LogP contribution in [0, 0.1) is 18.8 Å². The van der Waals surface area contributed by atoms with E-state index in [1.165, 1.54) is 5.57 Å². The maximum Gasteiger partial charge on any atom is 0.365 e. The van der Waals surface area contributed by atoms with Gasteiger partial charge in [0.05, 0.1) is 11.3 Å². The molecule has 0 bridgehead atoms. The number of oxime groups is 1. The molecule has 0 aliphatic heterocycles. The number of hydrogen-bond donors (Lipinski definition) is 0. The average Bonchev–Trinajstić information content (AvgIpc) is 2.46. The fourth-order valence-electron chi connectivity index (χ4n) is 2.56. The minimum atomic E-state index is -0.396. The van der Waals surface area contributed by atoms with E-state index < -0.39 is 5.97 Å². The van der Waals surface area contributed by atoms with Crippen molar-refractivity contribution in [2.24, 2.45) is 17.0 Å². The number of carbonyl (C=O) groups excluding carboxylic acids is 1. The predicted octanol–water partition coefficient (Wildman–Crippen LogP) is 4.52. The number of nitrogens with zero attached hydrogens (tertiary/aromatic N) is 1. The third kappa shape index (κ3) is 4.03. The molecule has 112 valence electrons. The predicted molar refractivity (Wildman–Crippen MR) is 85.3 cm³/mol. The number of carbonyl (C=O) groups is 1. The van der Waals surface area contributed by atoms with Crippen molar-refractivity contribution >= 4 is 11.7 Å². The lowest BCUT2D eigenvalue weighted by molar-refractivity contribution is 0.0511. The smallest absolute Gasteiger partial charge is 0.313 e. The van der Waals surface area contributed by atoms with Crippen LogP contribution >= 0.6 is 0 Å². The van der Waals surface area contributed by atoms with Crippen LogP contribution in [-0.4, -0.2) is 11.7 Å². The van der Waals surface area contributed by atoms with Crippen molar-refractivity contribution in [1.82, 2.24) is 0 Å². The van der Waals surface area contributed by atoms with E-state index in [9.17, 15) is 4.79 Å². The first-order valence-corrected chi connectivity index (χ1v) is 7.47. The van der Waals surface area contributed by atoms with E-state index in [4.69, 9.17) is 4.84 Å². The lowest BCUT2D eigenvalue weighted by Gasteiger charge is -2.27. The standard InChI is InChI=1S/C18H23NO2/c1-12(2)16-10-7-14(4)17(11-16)19-21-18(20)15-8-5-13(3)6-9-15/h5-6,8-9,14,16H,1,7,10-11H2,2-4H3/b19-17+/t14-,16+/m0/s1. The number of rotatable bonds is 3. The molecule has 1 aromatic carbocycles. The molecule has 1 aromatic rings. The molecule has 2 rings (SSSR count). The van der Waals surface area contributed by atoms with Crippen molar-refractivity contribution in [2.45, 2.75) is 40.0 Å². The quantitative estimate of drug-likeness (QED) is 0.465. The molecule has 21 heavy (non-hydrogen) atoms. The van der Waals surface area contributed by atoms with Crippen LogP contribution in [0.2, 0.25) is 0 Å². The summed E-state index contributed by atoms with van der Waals surface area (Å²) in [6, 6.07) is 7.31. The minimum Gasteiger partial charge on any atom is -0.313 e. The van der Waals surface area contributed by atoms with E-state index in [1.54, 1.807) is 12.1 Å². The Labute approximate surface area is 126 Å². The van der Waals surface area contributed by atoms with Crippen LogP contribution in [0.15, 0.2) is 41.6 Å². The molecule has 0 aromatic heterocycles. The Kier molecular flexibility index (Phi) is 4.94. The van der Waals surface area contributed by atoms with Crippen molar-refractivity contribution in [3.05, 3.63) is 47.5 Å². The van der Waals surface area contributed by atoms with Gasteiger partial charge in [0.1, 0.15) is 0 Å². The molecule has 0 N–H and O–H groups in total. The van der Waals surface area contributed by atoms with E-state index in [2.05, 4.69) is 25.6 Å². The molecule has 3 nitrogen and oxygen atoms in total. The molecule has 0 saturated heterocycles. The second-order valence-electron chi connectivity index (χ2n) is 6.05. The van der Waals surface area contributed by atoms with E-state index in [0.29, 0.717) is 17.4 Å². The van der Waals surface area contributed by atoms with Gasteiger partial charge in [-0.1, -0.05) is 41.9 Å². The second-order valence-corrected chi connectivity index (χ2v) is 6.05. The van der Waals surface area contributed by atoms with Crippen molar-refractivity contribution in [3.63, 3.8) is 0 Å². The Hall–Kier alpha value is -1.90. The summed E-state index contributed by atoms with van der Waals surface area (Å²) >= 11 is 0. The molecule has 0 heterocycles. The van der Waals surface area contributed by atoms with Crippen LogP contribution in [0.5, 0.6) is 0 Å². The molecule has 2 atom stereocenters. The Morgan fingerprint density at radius 3 is 2.57 bits per heavy atom. The van der Waals surface area contributed by atoms with Gasteiger partial charge in [-0.2, -0.15) is 0 Å². The topological polar surface area (TPSA) is 38.7 Å². The van der Waals surface area contributed by atoms with E-state index in [1.807, 2.05) is 19.1 Å². The van der Waals surface area contributed by atoms with Crippen LogP contribution in [0.3, 0.4) is 0 Å². The van der Waals surface area contributed by atoms with Gasteiger partial charge in [0.25, 0.3) is 0 Å². The molecule has 3 heteroatoms. The monoisotopic (exact) mass is 285 g/mol. The van der Waals surface area contributed by atoms with Gasteiger partial charge in [0, 0.05) is 0 Å². The highest BCUT2D eigenvalue weighted by molar-refractivity contribution is 5.91. The van der Waals surface area contributed by atoms with E-state index in [0.717, 1.165) is 30.5 Å². The first-order valence-electron chi connectivity index (χ1n) is 7.47. The zero-order valence-electron chi connectivity index (χ0n) is 13.1. The SMILES string of the molecule is C=C(C)[C@@H]1CC[C@H](C)/C(=N/OC(=O)c2ccc(C)cc2)C1. The van der Waals surface area contributed by atoms with Crippen molar-refractivity contribution < 1.29 is 9.63 Å². The zero-order valence-corrected chi connectivity index (χ0v) is 13.1. The summed E-state index contributed by atoms with van der Waals surface area (Å²) in [6.07, 6.45) is 3.05. The van der Waals surface area contributed by atoms with Gasteiger partial charge in [0.2, 0.25) is 0 Å². The summed E-state index contributed by atoms with van der Waals surface area (Å²) in [5, 5.41) is 4.12. The third-order valence-corrected chi connectivity index (χ3v) is 4.20. The van der Waals surface area contributed by atoms with Crippen LogP contribution in [0.25, 0.3) is 0 Å². The first kappa shape index (κ1) is 15.5. The van der Waals surface area contributed by atoms with Gasteiger partial charge in [-0.15, -0.1) is 0 Å². The molecule has 1 aliphatic carbocycles. The summed E-state index contributed by atoms with van der Waals surface area (Å²) in [4.78, 5) is 17.1. The highest BCUT2D eigenvalue weighted by Crippen LogP contribution is 2.30. The van der Waals surface area contributed by atoms with Crippen molar-refractivity contribution in [1.29, 1.82) is 0 Å². The van der Waals surface area contributed by atoms with Crippen LogP contribution < -0.4 is 0 Å². The van der Waals surface area contributed by atoms with E-state index in [-0.39, 0.29) is 0 Å². The van der Waals surface area contributed by atoms with Gasteiger partial charge in [-0.25, -0.2) is 4.79 Å². The molecule has 0 unspecified atom stereocenters. The first-order chi connectivity index (χ1) is 9.97. The Balaban J connectivity index is 2.03. The van der Waals surface area contributed by atoms with Crippen LogP contribution in [0.4, 0.5) is 0 Å². The zero-order chi connectivity index (χ0) is 15.4. The van der Waals surface area contributed by atoms with Gasteiger partial charge < -0.3 is 4.84 Å². The number of hydrogen-bond acceptors (Lipinski definition) is 3. The number of aryl methyl sites for hydroxylation is 1. The molecule has 1 saturated carbocycles. The van der Waals surface area contributed by atoms with Gasteiger partial charge in [-0.05, 0) is 57.1 Å². The fourth-order valence-corrected chi connectivity index (χ4v) is 2.56. The van der Waals surface area contributed by atoms with Crippen molar-refractivity contribution in [2.75, 3.05) is 0 Å². The molecular formula is C18H23NO2. The number of benzene rings is 1. The lowest BCUT2D eigenvalue weighted by Crippen LogP contribution is -2.24. The maximum absolute atomic E-state index is 12.0. The summed E-state index contributed by atoms with van der Waals surface area (Å²) in [6.45, 7) is 10.2. The molecule has 0 spiro atoms. The Morgan fingerprint density at radius 1 is 1.29 bits per heavy atom. The molecule has 1 aliphatic rings. The largest absolute Gasteiger partial charge is 0.365 e. The fraction of sp³-hybridized carbons (Fsp3) is 0.444. The normalized spacial score (nSPS) is 23.9. The average molecular weight is 285 g/mol. The third-order valence-electron chi connectivity index (χ3n) is 4.20. The highest BCUT2D eigenvalue weighted by Gasteiger charge is 2.25. The minimum absolute atomic E-state index is 0.367. The Morgan fingerprint density at radius 2 is 1.95 bits per heavy atom.